The van der Waals surface area contributed by atoms with Crippen LogP contribution in [0.3, 0.4) is 0 Å². The molecule has 0 bridgehead atoms. The van der Waals surface area contributed by atoms with Crippen molar-refractivity contribution in [2.24, 2.45) is 0 Å². The van der Waals surface area contributed by atoms with Crippen molar-refractivity contribution in [2.45, 2.75) is 39.5 Å². The standard InChI is InChI=1S/C15H19NO4/c1-3-5-7-12(14(17)18)10-11(4-2)13(15(19)20)8-6-9-16/h6,8,10H,3-5,7H2,1-2H3,(H,17,18)(H,19,20). The van der Waals surface area contributed by atoms with Gasteiger partial charge in [0.15, 0.2) is 0 Å². The van der Waals surface area contributed by atoms with Gasteiger partial charge in [0.05, 0.1) is 11.6 Å². The summed E-state index contributed by atoms with van der Waals surface area (Å²) in [6.45, 7) is 3.70. The minimum atomic E-state index is -1.18. The Hall–Kier alpha value is -2.35. The van der Waals surface area contributed by atoms with Crippen LogP contribution in [0, 0.1) is 11.3 Å². The third-order valence-electron chi connectivity index (χ3n) is 2.70. The van der Waals surface area contributed by atoms with Gasteiger partial charge in [0.1, 0.15) is 0 Å². The van der Waals surface area contributed by atoms with E-state index in [1.54, 1.807) is 13.0 Å². The Bertz CT molecular complexity index is 492. The summed E-state index contributed by atoms with van der Waals surface area (Å²) < 4.78 is 0. The molecule has 0 saturated heterocycles. The van der Waals surface area contributed by atoms with Gasteiger partial charge in [-0.15, -0.1) is 0 Å². The summed E-state index contributed by atoms with van der Waals surface area (Å²) in [5.41, 5.74) is 0.537. The Morgan fingerprint density at radius 1 is 1.20 bits per heavy atom. The van der Waals surface area contributed by atoms with Gasteiger partial charge in [0, 0.05) is 11.6 Å². The molecule has 0 aliphatic rings. The van der Waals surface area contributed by atoms with Crippen LogP contribution in [-0.4, -0.2) is 22.2 Å². The summed E-state index contributed by atoms with van der Waals surface area (Å²) in [7, 11) is 0. The van der Waals surface area contributed by atoms with Gasteiger partial charge in [0.2, 0.25) is 0 Å². The van der Waals surface area contributed by atoms with E-state index in [1.165, 1.54) is 12.2 Å². The largest absolute Gasteiger partial charge is 0.478 e. The molecule has 5 nitrogen and oxygen atoms in total. The number of aliphatic carboxylic acids is 2. The topological polar surface area (TPSA) is 98.4 Å². The highest BCUT2D eigenvalue weighted by Gasteiger charge is 2.12. The van der Waals surface area contributed by atoms with E-state index in [9.17, 15) is 9.59 Å². The minimum Gasteiger partial charge on any atom is -0.478 e. The van der Waals surface area contributed by atoms with Crippen LogP contribution in [-0.2, 0) is 9.59 Å². The first-order valence-electron chi connectivity index (χ1n) is 6.44. The highest BCUT2D eigenvalue weighted by atomic mass is 16.4. The van der Waals surface area contributed by atoms with Crippen molar-refractivity contribution in [1.29, 1.82) is 5.26 Å². The number of carbonyl (C=O) groups is 2. The van der Waals surface area contributed by atoms with Crippen LogP contribution in [0.25, 0.3) is 0 Å². The molecule has 0 heterocycles. The number of nitriles is 1. The first-order valence-corrected chi connectivity index (χ1v) is 6.44. The van der Waals surface area contributed by atoms with E-state index in [-0.39, 0.29) is 11.1 Å². The summed E-state index contributed by atoms with van der Waals surface area (Å²) >= 11 is 0. The van der Waals surface area contributed by atoms with Gasteiger partial charge < -0.3 is 10.2 Å². The number of nitrogens with zero attached hydrogens (tertiary/aromatic N) is 1. The van der Waals surface area contributed by atoms with E-state index in [2.05, 4.69) is 0 Å². The monoisotopic (exact) mass is 277 g/mol. The third kappa shape index (κ3) is 6.01. The van der Waals surface area contributed by atoms with Gasteiger partial charge in [-0.3, -0.25) is 0 Å². The summed E-state index contributed by atoms with van der Waals surface area (Å²) in [6, 6.07) is 1.73. The average molecular weight is 277 g/mol. The lowest BCUT2D eigenvalue weighted by atomic mass is 9.99. The first-order chi connectivity index (χ1) is 9.47. The molecule has 0 aliphatic heterocycles. The van der Waals surface area contributed by atoms with Crippen LogP contribution < -0.4 is 0 Å². The fourth-order valence-corrected chi connectivity index (χ4v) is 1.62. The number of allylic oxidation sites excluding steroid dienone is 3. The molecule has 0 aliphatic carbocycles. The maximum absolute atomic E-state index is 11.2. The molecular weight excluding hydrogens is 258 g/mol. The van der Waals surface area contributed by atoms with Gasteiger partial charge in [0.25, 0.3) is 0 Å². The molecule has 0 rings (SSSR count). The van der Waals surface area contributed by atoms with Crippen molar-refractivity contribution in [2.75, 3.05) is 0 Å². The highest BCUT2D eigenvalue weighted by Crippen LogP contribution is 2.18. The predicted molar refractivity (Wildman–Crippen MR) is 74.9 cm³/mol. The summed E-state index contributed by atoms with van der Waals surface area (Å²) in [5.74, 6) is -2.22. The lowest BCUT2D eigenvalue weighted by molar-refractivity contribution is -0.133. The second kappa shape index (κ2) is 9.56. The van der Waals surface area contributed by atoms with Crippen LogP contribution in [0.2, 0.25) is 0 Å². The number of hydrogen-bond acceptors (Lipinski definition) is 3. The molecule has 0 aromatic rings. The summed E-state index contributed by atoms with van der Waals surface area (Å²) in [5, 5.41) is 26.7. The minimum absolute atomic E-state index is 0.0516. The molecule has 2 N–H and O–H groups in total. The predicted octanol–water partition coefficient (Wildman–Crippen LogP) is 3.06. The summed E-state index contributed by atoms with van der Waals surface area (Å²) in [4.78, 5) is 22.3. The number of hydrogen-bond donors (Lipinski definition) is 2. The van der Waals surface area contributed by atoms with Crippen LogP contribution in [0.15, 0.2) is 34.9 Å². The zero-order chi connectivity index (χ0) is 15.5. The zero-order valence-electron chi connectivity index (χ0n) is 11.7. The van der Waals surface area contributed by atoms with Crippen LogP contribution in [0.1, 0.15) is 39.5 Å². The number of carboxylic acids is 2. The van der Waals surface area contributed by atoms with E-state index in [0.717, 1.165) is 18.9 Å². The lowest BCUT2D eigenvalue weighted by Gasteiger charge is -2.06. The van der Waals surface area contributed by atoms with Gasteiger partial charge in [-0.1, -0.05) is 20.3 Å². The van der Waals surface area contributed by atoms with Crippen molar-refractivity contribution in [3.63, 3.8) is 0 Å². The fraction of sp³-hybridized carbons (Fsp3) is 0.400. The Morgan fingerprint density at radius 2 is 1.85 bits per heavy atom. The van der Waals surface area contributed by atoms with E-state index in [1.807, 2.05) is 6.92 Å². The van der Waals surface area contributed by atoms with Gasteiger partial charge in [-0.25, -0.2) is 9.59 Å². The molecule has 0 radical (unpaired) electrons. The molecule has 5 heteroatoms. The van der Waals surface area contributed by atoms with Crippen molar-refractivity contribution >= 4 is 11.9 Å². The summed E-state index contributed by atoms with van der Waals surface area (Å²) in [6.07, 6.45) is 6.02. The number of unbranched alkanes of at least 4 members (excludes halogenated alkanes) is 1. The molecule has 20 heavy (non-hydrogen) atoms. The first kappa shape index (κ1) is 17.6. The second-order valence-corrected chi connectivity index (χ2v) is 4.14. The van der Waals surface area contributed by atoms with Gasteiger partial charge >= 0.3 is 11.9 Å². The van der Waals surface area contributed by atoms with Gasteiger partial charge in [-0.2, -0.15) is 5.26 Å². The maximum atomic E-state index is 11.2. The van der Waals surface area contributed by atoms with E-state index >= 15 is 0 Å². The molecule has 0 atom stereocenters. The Kier molecular flexibility index (Phi) is 8.44. The normalized spacial score (nSPS) is 12.9. The molecule has 0 fully saturated rings. The zero-order valence-corrected chi connectivity index (χ0v) is 11.7. The van der Waals surface area contributed by atoms with Crippen molar-refractivity contribution in [3.8, 4) is 6.07 Å². The van der Waals surface area contributed by atoms with Crippen molar-refractivity contribution < 1.29 is 19.8 Å². The third-order valence-corrected chi connectivity index (χ3v) is 2.70. The molecule has 0 amide bonds. The Balaban J connectivity index is 5.69. The quantitative estimate of drug-likeness (QED) is 0.403. The number of rotatable bonds is 8. The molecule has 0 aromatic carbocycles. The Morgan fingerprint density at radius 3 is 2.25 bits per heavy atom. The average Bonchev–Trinajstić information content (AvgIpc) is 2.40. The lowest BCUT2D eigenvalue weighted by Crippen LogP contribution is -2.05. The second-order valence-electron chi connectivity index (χ2n) is 4.14. The fourth-order valence-electron chi connectivity index (χ4n) is 1.62. The van der Waals surface area contributed by atoms with Crippen LogP contribution >= 0.6 is 0 Å². The van der Waals surface area contributed by atoms with Crippen LogP contribution in [0.5, 0.6) is 0 Å². The molecular formula is C15H19NO4. The van der Waals surface area contributed by atoms with Crippen molar-refractivity contribution in [1.82, 2.24) is 0 Å². The molecule has 108 valence electrons. The van der Waals surface area contributed by atoms with E-state index in [0.29, 0.717) is 18.4 Å². The highest BCUT2D eigenvalue weighted by molar-refractivity contribution is 5.93. The molecule has 0 spiro atoms. The molecule has 0 aromatic heterocycles. The smallest absolute Gasteiger partial charge is 0.335 e. The van der Waals surface area contributed by atoms with E-state index < -0.39 is 11.9 Å². The van der Waals surface area contributed by atoms with Gasteiger partial charge in [-0.05, 0) is 37.0 Å². The molecule has 0 unspecified atom stereocenters. The van der Waals surface area contributed by atoms with Crippen molar-refractivity contribution in [3.05, 3.63) is 34.9 Å². The SMILES string of the molecule is CCCCC(=CC(CC)=C(C=CC#N)C(=O)O)C(=O)O. The molecule has 0 saturated carbocycles. The maximum Gasteiger partial charge on any atom is 0.335 e. The Labute approximate surface area is 118 Å². The van der Waals surface area contributed by atoms with Crippen LogP contribution in [0.4, 0.5) is 0 Å². The van der Waals surface area contributed by atoms with E-state index in [4.69, 9.17) is 15.5 Å². The number of carboxylic acid groups (broad SMARTS) is 2.